The van der Waals surface area contributed by atoms with Crippen LogP contribution in [0.25, 0.3) is 23.1 Å². The average molecular weight is 590 g/mol. The highest BCUT2D eigenvalue weighted by Crippen LogP contribution is 2.30. The molecule has 4 aromatic rings. The minimum atomic E-state index is 0.264. The van der Waals surface area contributed by atoms with Crippen LogP contribution in [0.4, 0.5) is 5.00 Å². The van der Waals surface area contributed by atoms with Crippen molar-refractivity contribution in [3.63, 3.8) is 0 Å². The van der Waals surface area contributed by atoms with E-state index in [2.05, 4.69) is 61.0 Å². The van der Waals surface area contributed by atoms with Crippen LogP contribution >= 0.6 is 11.3 Å². The standard InChI is InChI=1S/C35H51N5OS/c1-6-8-10-12-14-18-24-39(25-19-15-13-11-9-7-2)32-23-22-28(42-32)26-30-33(27(3)4)38-40-34(36-37-35(30)40)29-20-16-17-21-31(29)41-5/h16-17,20-23,26-27H,6-15,18-19,24-25H2,1-5H3/b30-26-. The number of ether oxygens (including phenoxy) is 1. The van der Waals surface area contributed by atoms with Gasteiger partial charge in [0.25, 0.3) is 0 Å². The number of benzene rings is 1. The number of nitrogens with zero attached hydrogens (tertiary/aromatic N) is 5. The lowest BCUT2D eigenvalue weighted by Crippen LogP contribution is -2.24. The van der Waals surface area contributed by atoms with Crippen LogP contribution in [-0.4, -0.2) is 40.0 Å². The Hall–Kier alpha value is -2.93. The number of anilines is 1. The highest BCUT2D eigenvalue weighted by molar-refractivity contribution is 7.16. The lowest BCUT2D eigenvalue weighted by atomic mass is 10.1. The summed E-state index contributed by atoms with van der Waals surface area (Å²) in [5.41, 5.74) is 2.73. The van der Waals surface area contributed by atoms with E-state index < -0.39 is 0 Å². The van der Waals surface area contributed by atoms with Crippen LogP contribution in [0.5, 0.6) is 5.75 Å². The van der Waals surface area contributed by atoms with Gasteiger partial charge in [0.1, 0.15) is 5.75 Å². The molecule has 0 amide bonds. The molecule has 0 saturated heterocycles. The highest BCUT2D eigenvalue weighted by Gasteiger charge is 2.20. The normalized spacial score (nSPS) is 12.2. The Labute approximate surface area is 257 Å². The molecule has 7 heteroatoms. The molecular formula is C35H51N5OS. The van der Waals surface area contributed by atoms with Gasteiger partial charge in [0, 0.05) is 23.2 Å². The molecule has 1 aromatic carbocycles. The molecule has 0 N–H and O–H groups in total. The summed E-state index contributed by atoms with van der Waals surface area (Å²) in [7, 11) is 1.69. The molecule has 6 nitrogen and oxygen atoms in total. The topological polar surface area (TPSA) is 55.6 Å². The molecular weight excluding hydrogens is 538 g/mol. The van der Waals surface area contributed by atoms with Gasteiger partial charge in [-0.25, -0.2) is 0 Å². The Balaban J connectivity index is 1.57. The Bertz CT molecular complexity index is 1390. The third-order valence-electron chi connectivity index (χ3n) is 8.03. The molecule has 0 radical (unpaired) electrons. The van der Waals surface area contributed by atoms with E-state index in [0.29, 0.717) is 5.82 Å². The average Bonchev–Trinajstić information content (AvgIpc) is 3.72. The summed E-state index contributed by atoms with van der Waals surface area (Å²) in [5.74, 6) is 1.74. The van der Waals surface area contributed by atoms with Crippen molar-refractivity contribution in [1.29, 1.82) is 0 Å². The van der Waals surface area contributed by atoms with Gasteiger partial charge in [-0.1, -0.05) is 104 Å². The molecule has 228 valence electrons. The molecule has 4 rings (SSSR count). The number of thiophene rings is 1. The maximum atomic E-state index is 5.61. The van der Waals surface area contributed by atoms with Crippen molar-refractivity contribution in [3.8, 4) is 17.1 Å². The van der Waals surface area contributed by atoms with Gasteiger partial charge >= 0.3 is 0 Å². The minimum absolute atomic E-state index is 0.264. The van der Waals surface area contributed by atoms with Crippen molar-refractivity contribution in [2.45, 2.75) is 111 Å². The van der Waals surface area contributed by atoms with Crippen LogP contribution < -0.4 is 14.9 Å². The third-order valence-corrected chi connectivity index (χ3v) is 9.13. The lowest BCUT2D eigenvalue weighted by molar-refractivity contribution is 0.416. The molecule has 3 aromatic heterocycles. The molecule has 0 atom stereocenters. The van der Waals surface area contributed by atoms with Crippen LogP contribution in [0.2, 0.25) is 0 Å². The van der Waals surface area contributed by atoms with Gasteiger partial charge in [0.2, 0.25) is 0 Å². The van der Waals surface area contributed by atoms with Crippen LogP contribution in [0.1, 0.15) is 121 Å². The van der Waals surface area contributed by atoms with Crippen molar-refractivity contribution >= 4 is 28.1 Å². The Kier molecular flexibility index (Phi) is 12.7. The molecule has 0 fully saturated rings. The smallest absolute Gasteiger partial charge is 0.189 e. The van der Waals surface area contributed by atoms with E-state index in [1.807, 2.05) is 40.1 Å². The molecule has 0 saturated carbocycles. The number of hydrogen-bond acceptors (Lipinski definition) is 6. The summed E-state index contributed by atoms with van der Waals surface area (Å²) in [4.78, 5) is 3.88. The van der Waals surface area contributed by atoms with Gasteiger partial charge in [-0.2, -0.15) is 9.61 Å². The molecule has 42 heavy (non-hydrogen) atoms. The second kappa shape index (κ2) is 16.6. The number of rotatable bonds is 19. The van der Waals surface area contributed by atoms with Gasteiger partial charge in [0.05, 0.1) is 23.4 Å². The molecule has 0 aliphatic heterocycles. The Morgan fingerprint density at radius 2 is 1.48 bits per heavy atom. The molecule has 0 spiro atoms. The maximum absolute atomic E-state index is 5.61. The first-order chi connectivity index (χ1) is 20.6. The number of fused-ring (bicyclic) bond motifs is 1. The molecule has 0 bridgehead atoms. The van der Waals surface area contributed by atoms with E-state index in [9.17, 15) is 0 Å². The number of methoxy groups -OCH3 is 1. The van der Waals surface area contributed by atoms with Gasteiger partial charge in [0.15, 0.2) is 11.5 Å². The summed E-state index contributed by atoms with van der Waals surface area (Å²) >= 11 is 1.89. The molecule has 0 aliphatic rings. The van der Waals surface area contributed by atoms with Crippen LogP contribution in [0.15, 0.2) is 36.4 Å². The molecule has 3 heterocycles. The second-order valence-electron chi connectivity index (χ2n) is 11.8. The van der Waals surface area contributed by atoms with E-state index in [1.165, 1.54) is 86.9 Å². The van der Waals surface area contributed by atoms with E-state index in [-0.39, 0.29) is 5.92 Å². The number of unbranched alkanes of at least 4 members (excludes halogenated alkanes) is 10. The van der Waals surface area contributed by atoms with E-state index in [0.717, 1.165) is 41.0 Å². The fourth-order valence-electron chi connectivity index (χ4n) is 5.61. The molecule has 0 unspecified atom stereocenters. The summed E-state index contributed by atoms with van der Waals surface area (Å²) in [5, 5.41) is 16.6. The van der Waals surface area contributed by atoms with Crippen LogP contribution in [-0.2, 0) is 0 Å². The van der Waals surface area contributed by atoms with E-state index >= 15 is 0 Å². The van der Waals surface area contributed by atoms with Gasteiger partial charge in [-0.3, -0.25) is 0 Å². The van der Waals surface area contributed by atoms with Crippen molar-refractivity contribution in [3.05, 3.63) is 52.2 Å². The number of para-hydroxylation sites is 1. The maximum Gasteiger partial charge on any atom is 0.189 e. The van der Waals surface area contributed by atoms with Crippen LogP contribution in [0, 0.1) is 0 Å². The Morgan fingerprint density at radius 1 is 0.833 bits per heavy atom. The zero-order valence-corrected chi connectivity index (χ0v) is 27.4. The highest BCUT2D eigenvalue weighted by atomic mass is 32.1. The summed E-state index contributed by atoms with van der Waals surface area (Å²) in [6, 6.07) is 12.5. The third kappa shape index (κ3) is 8.33. The predicted molar refractivity (Wildman–Crippen MR) is 179 cm³/mol. The SMILES string of the molecule is CCCCCCCCN(CCCCCCCC)c1ccc(/C=c2/c(C(C)C)nn3c(-c4ccccc4OC)nnc23)s1. The summed E-state index contributed by atoms with van der Waals surface area (Å²) in [6.07, 6.45) is 18.2. The zero-order valence-electron chi connectivity index (χ0n) is 26.6. The van der Waals surface area contributed by atoms with Crippen molar-refractivity contribution in [1.82, 2.24) is 19.8 Å². The summed E-state index contributed by atoms with van der Waals surface area (Å²) < 4.78 is 7.49. The van der Waals surface area contributed by atoms with Gasteiger partial charge in [-0.15, -0.1) is 21.5 Å². The van der Waals surface area contributed by atoms with Crippen molar-refractivity contribution in [2.75, 3.05) is 25.1 Å². The van der Waals surface area contributed by atoms with E-state index in [1.54, 1.807) is 7.11 Å². The largest absolute Gasteiger partial charge is 0.496 e. The van der Waals surface area contributed by atoms with Crippen molar-refractivity contribution in [2.24, 2.45) is 0 Å². The monoisotopic (exact) mass is 589 g/mol. The van der Waals surface area contributed by atoms with Gasteiger partial charge in [-0.05, 0) is 49.1 Å². The van der Waals surface area contributed by atoms with Crippen molar-refractivity contribution < 1.29 is 4.74 Å². The Morgan fingerprint density at radius 3 is 2.12 bits per heavy atom. The zero-order chi connectivity index (χ0) is 29.7. The summed E-state index contributed by atoms with van der Waals surface area (Å²) in [6.45, 7) is 11.3. The van der Waals surface area contributed by atoms with E-state index in [4.69, 9.17) is 9.84 Å². The minimum Gasteiger partial charge on any atom is -0.496 e. The number of aromatic nitrogens is 4. The fraction of sp³-hybridized carbons (Fsp3) is 0.571. The first kappa shape index (κ1) is 32.0. The quantitative estimate of drug-likeness (QED) is 0.102. The lowest BCUT2D eigenvalue weighted by Gasteiger charge is -2.23. The number of hydrogen-bond donors (Lipinski definition) is 0. The first-order valence-electron chi connectivity index (χ1n) is 16.3. The molecule has 0 aliphatic carbocycles. The second-order valence-corrected chi connectivity index (χ2v) is 12.8. The van der Waals surface area contributed by atoms with Crippen LogP contribution in [0.3, 0.4) is 0 Å². The predicted octanol–water partition coefficient (Wildman–Crippen LogP) is 9.06. The fourth-order valence-corrected chi connectivity index (χ4v) is 6.61. The van der Waals surface area contributed by atoms with Gasteiger partial charge < -0.3 is 9.64 Å². The first-order valence-corrected chi connectivity index (χ1v) is 17.1.